The van der Waals surface area contributed by atoms with Crippen LogP contribution in [0.2, 0.25) is 0 Å². The predicted molar refractivity (Wildman–Crippen MR) is 66.5 cm³/mol. The first-order valence-corrected chi connectivity index (χ1v) is 6.40. The molecule has 3 nitrogen and oxygen atoms in total. The lowest BCUT2D eigenvalue weighted by Gasteiger charge is -2.28. The van der Waals surface area contributed by atoms with Crippen LogP contribution in [0.15, 0.2) is 18.2 Å². The number of hydrogen-bond acceptors (Lipinski definition) is 2. The molecule has 0 aromatic heterocycles. The first-order chi connectivity index (χ1) is 9.04. The molecule has 0 aliphatic heterocycles. The molecule has 1 aliphatic rings. The Balaban J connectivity index is 1.99. The molecule has 1 amide bonds. The van der Waals surface area contributed by atoms with Crippen LogP contribution in [0.5, 0.6) is 0 Å². The van der Waals surface area contributed by atoms with Crippen molar-refractivity contribution in [3.8, 4) is 0 Å². The van der Waals surface area contributed by atoms with E-state index in [1.165, 1.54) is 6.07 Å². The summed E-state index contributed by atoms with van der Waals surface area (Å²) in [7, 11) is 0. The summed E-state index contributed by atoms with van der Waals surface area (Å²) in [4.78, 5) is 11.9. The number of hydrogen-bond donors (Lipinski definition) is 2. The molecule has 0 saturated heterocycles. The molecule has 1 aromatic carbocycles. The average Bonchev–Trinajstić information content (AvgIpc) is 2.83. The predicted octanol–water partition coefficient (Wildman–Crippen LogP) is 1.93. The Morgan fingerprint density at radius 2 is 1.95 bits per heavy atom. The van der Waals surface area contributed by atoms with Gasteiger partial charge in [0.15, 0.2) is 11.6 Å². The van der Waals surface area contributed by atoms with Crippen LogP contribution in [0, 0.1) is 11.6 Å². The van der Waals surface area contributed by atoms with Crippen molar-refractivity contribution in [1.29, 1.82) is 0 Å². The van der Waals surface area contributed by atoms with Crippen LogP contribution in [0.3, 0.4) is 0 Å². The maximum Gasteiger partial charge on any atom is 0.224 e. The zero-order valence-corrected chi connectivity index (χ0v) is 10.6. The van der Waals surface area contributed by atoms with Crippen molar-refractivity contribution in [3.05, 3.63) is 35.4 Å². The third kappa shape index (κ3) is 3.29. The minimum Gasteiger partial charge on any atom is -0.394 e. The Kier molecular flexibility index (Phi) is 4.14. The summed E-state index contributed by atoms with van der Waals surface area (Å²) in [6.45, 7) is -0.0868. The third-order valence-electron chi connectivity index (χ3n) is 3.62. The molecule has 2 N–H and O–H groups in total. The molecule has 0 unspecified atom stereocenters. The average molecular weight is 269 g/mol. The smallest absolute Gasteiger partial charge is 0.224 e. The second-order valence-electron chi connectivity index (χ2n) is 5.12. The number of benzene rings is 1. The highest BCUT2D eigenvalue weighted by atomic mass is 19.2. The number of carbonyl (C=O) groups excluding carboxylic acids is 1. The zero-order valence-electron chi connectivity index (χ0n) is 10.6. The first-order valence-electron chi connectivity index (χ1n) is 6.40. The summed E-state index contributed by atoms with van der Waals surface area (Å²) in [6.07, 6.45) is 3.46. The van der Waals surface area contributed by atoms with Crippen molar-refractivity contribution in [2.75, 3.05) is 6.61 Å². The highest BCUT2D eigenvalue weighted by Gasteiger charge is 2.34. The van der Waals surface area contributed by atoms with Crippen molar-refractivity contribution < 1.29 is 18.7 Å². The molecule has 104 valence electrons. The summed E-state index contributed by atoms with van der Waals surface area (Å²) >= 11 is 0. The van der Waals surface area contributed by atoms with Gasteiger partial charge in [-0.05, 0) is 30.5 Å². The summed E-state index contributed by atoms with van der Waals surface area (Å²) in [5.74, 6) is -2.16. The summed E-state index contributed by atoms with van der Waals surface area (Å²) in [5, 5.41) is 12.2. The van der Waals surface area contributed by atoms with E-state index in [4.69, 9.17) is 0 Å². The van der Waals surface area contributed by atoms with Crippen LogP contribution in [0.1, 0.15) is 31.2 Å². The van der Waals surface area contributed by atoms with Crippen LogP contribution in [-0.2, 0) is 11.2 Å². The van der Waals surface area contributed by atoms with E-state index in [1.54, 1.807) is 0 Å². The zero-order chi connectivity index (χ0) is 13.9. The molecule has 1 fully saturated rings. The molecule has 0 spiro atoms. The normalized spacial score (nSPS) is 17.4. The monoisotopic (exact) mass is 269 g/mol. The molecule has 1 aliphatic carbocycles. The van der Waals surface area contributed by atoms with Crippen molar-refractivity contribution in [3.63, 3.8) is 0 Å². The minimum absolute atomic E-state index is 0.0149. The van der Waals surface area contributed by atoms with Gasteiger partial charge in [-0.1, -0.05) is 18.9 Å². The van der Waals surface area contributed by atoms with Gasteiger partial charge >= 0.3 is 0 Å². The number of nitrogens with one attached hydrogen (secondary N) is 1. The summed E-state index contributed by atoms with van der Waals surface area (Å²) in [5.41, 5.74) is -0.113. The fraction of sp³-hybridized carbons (Fsp3) is 0.500. The molecule has 0 bridgehead atoms. The standard InChI is InChI=1S/C14H17F2NO2/c15-11-4-3-10(7-12(11)16)8-13(19)17-14(9-18)5-1-2-6-14/h3-4,7,18H,1-2,5-6,8-9H2,(H,17,19). The van der Waals surface area contributed by atoms with Gasteiger partial charge in [0.25, 0.3) is 0 Å². The van der Waals surface area contributed by atoms with Crippen LogP contribution >= 0.6 is 0 Å². The molecule has 0 heterocycles. The third-order valence-corrected chi connectivity index (χ3v) is 3.62. The van der Waals surface area contributed by atoms with Crippen molar-refractivity contribution >= 4 is 5.91 Å². The van der Waals surface area contributed by atoms with E-state index in [0.717, 1.165) is 37.8 Å². The second kappa shape index (κ2) is 5.65. The number of aliphatic hydroxyl groups excluding tert-OH is 1. The molecule has 2 rings (SSSR count). The van der Waals surface area contributed by atoms with Gasteiger partial charge < -0.3 is 10.4 Å². The minimum atomic E-state index is -0.956. The molecule has 0 radical (unpaired) electrons. The van der Waals surface area contributed by atoms with E-state index >= 15 is 0 Å². The van der Waals surface area contributed by atoms with Crippen LogP contribution < -0.4 is 5.32 Å². The maximum atomic E-state index is 13.0. The van der Waals surface area contributed by atoms with E-state index in [9.17, 15) is 18.7 Å². The molecule has 1 saturated carbocycles. The highest BCUT2D eigenvalue weighted by molar-refractivity contribution is 5.79. The van der Waals surface area contributed by atoms with E-state index in [0.29, 0.717) is 5.56 Å². The molecule has 19 heavy (non-hydrogen) atoms. The number of carbonyl (C=O) groups is 1. The molecular weight excluding hydrogens is 252 g/mol. The van der Waals surface area contributed by atoms with Crippen molar-refractivity contribution in [2.45, 2.75) is 37.6 Å². The Hall–Kier alpha value is -1.49. The number of rotatable bonds is 4. The Morgan fingerprint density at radius 1 is 1.26 bits per heavy atom. The van der Waals surface area contributed by atoms with Gasteiger partial charge in [0, 0.05) is 0 Å². The van der Waals surface area contributed by atoms with Gasteiger partial charge in [0.05, 0.1) is 18.6 Å². The van der Waals surface area contributed by atoms with Gasteiger partial charge in [-0.15, -0.1) is 0 Å². The van der Waals surface area contributed by atoms with E-state index < -0.39 is 17.2 Å². The lowest BCUT2D eigenvalue weighted by Crippen LogP contribution is -2.49. The second-order valence-corrected chi connectivity index (χ2v) is 5.12. The summed E-state index contributed by atoms with van der Waals surface area (Å²) in [6, 6.07) is 3.42. The van der Waals surface area contributed by atoms with E-state index in [-0.39, 0.29) is 18.9 Å². The number of amides is 1. The van der Waals surface area contributed by atoms with Gasteiger partial charge in [-0.3, -0.25) is 4.79 Å². The Bertz CT molecular complexity index is 471. The van der Waals surface area contributed by atoms with Gasteiger partial charge in [0.1, 0.15) is 0 Å². The fourth-order valence-electron chi connectivity index (χ4n) is 2.55. The van der Waals surface area contributed by atoms with Gasteiger partial charge in [0.2, 0.25) is 5.91 Å². The molecule has 1 aromatic rings. The molecular formula is C14H17F2NO2. The topological polar surface area (TPSA) is 49.3 Å². The Morgan fingerprint density at radius 3 is 2.53 bits per heavy atom. The maximum absolute atomic E-state index is 13.0. The first kappa shape index (κ1) is 13.9. The van der Waals surface area contributed by atoms with Crippen molar-refractivity contribution in [2.24, 2.45) is 0 Å². The van der Waals surface area contributed by atoms with Crippen LogP contribution in [-0.4, -0.2) is 23.2 Å². The number of halogens is 2. The lowest BCUT2D eigenvalue weighted by atomic mass is 9.98. The lowest BCUT2D eigenvalue weighted by molar-refractivity contribution is -0.122. The quantitative estimate of drug-likeness (QED) is 0.877. The van der Waals surface area contributed by atoms with Crippen LogP contribution in [0.4, 0.5) is 8.78 Å². The summed E-state index contributed by atoms with van der Waals surface area (Å²) < 4.78 is 25.8. The highest BCUT2D eigenvalue weighted by Crippen LogP contribution is 2.29. The SMILES string of the molecule is O=C(Cc1ccc(F)c(F)c1)NC1(CO)CCCC1. The largest absolute Gasteiger partial charge is 0.394 e. The van der Waals surface area contributed by atoms with Gasteiger partial charge in [-0.25, -0.2) is 8.78 Å². The Labute approximate surface area is 110 Å². The van der Waals surface area contributed by atoms with E-state index in [2.05, 4.69) is 5.32 Å². The van der Waals surface area contributed by atoms with Crippen LogP contribution in [0.25, 0.3) is 0 Å². The molecule has 5 heteroatoms. The van der Waals surface area contributed by atoms with Gasteiger partial charge in [-0.2, -0.15) is 0 Å². The molecule has 0 atom stereocenters. The number of aliphatic hydroxyl groups is 1. The fourth-order valence-corrected chi connectivity index (χ4v) is 2.55. The van der Waals surface area contributed by atoms with Crippen molar-refractivity contribution in [1.82, 2.24) is 5.32 Å². The van der Waals surface area contributed by atoms with E-state index in [1.807, 2.05) is 0 Å².